The molecule has 8 nitrogen and oxygen atoms in total. The lowest BCUT2D eigenvalue weighted by Gasteiger charge is -2.25. The summed E-state index contributed by atoms with van der Waals surface area (Å²) in [6.45, 7) is 0.558. The van der Waals surface area contributed by atoms with Crippen molar-refractivity contribution in [1.82, 2.24) is 15.5 Å². The Hall–Kier alpha value is -2.64. The van der Waals surface area contributed by atoms with Crippen LogP contribution in [0.25, 0.3) is 0 Å². The zero-order valence-corrected chi connectivity index (χ0v) is 15.4. The molecule has 1 fully saturated rings. The molecule has 2 N–H and O–H groups in total. The molecule has 0 aliphatic heterocycles. The Balaban J connectivity index is 2.01. The first-order chi connectivity index (χ1) is 12.5. The first kappa shape index (κ1) is 19.7. The van der Waals surface area contributed by atoms with Gasteiger partial charge in [-0.2, -0.15) is 0 Å². The van der Waals surface area contributed by atoms with Crippen LogP contribution in [0.5, 0.6) is 0 Å². The minimum atomic E-state index is -0.419. The second-order valence-corrected chi connectivity index (χ2v) is 6.71. The summed E-state index contributed by atoms with van der Waals surface area (Å²) in [5.74, 6) is 0.573. The van der Waals surface area contributed by atoms with Crippen molar-refractivity contribution in [2.45, 2.75) is 44.7 Å². The number of non-ortho nitro benzene ring substituents is 1. The van der Waals surface area contributed by atoms with Gasteiger partial charge in [0.2, 0.25) is 5.91 Å². The van der Waals surface area contributed by atoms with E-state index in [9.17, 15) is 14.9 Å². The first-order valence-electron chi connectivity index (χ1n) is 8.94. The number of amides is 1. The third-order valence-corrected chi connectivity index (χ3v) is 4.42. The van der Waals surface area contributed by atoms with Crippen LogP contribution in [0.2, 0.25) is 0 Å². The molecule has 0 spiro atoms. The number of nitrogens with zero attached hydrogens (tertiary/aromatic N) is 3. The average Bonchev–Trinajstić information content (AvgIpc) is 2.64. The minimum Gasteiger partial charge on any atom is -0.354 e. The highest BCUT2D eigenvalue weighted by Gasteiger charge is 2.15. The van der Waals surface area contributed by atoms with E-state index in [-0.39, 0.29) is 18.1 Å². The van der Waals surface area contributed by atoms with E-state index in [4.69, 9.17) is 0 Å². The van der Waals surface area contributed by atoms with Crippen molar-refractivity contribution in [3.05, 3.63) is 39.9 Å². The summed E-state index contributed by atoms with van der Waals surface area (Å²) >= 11 is 0. The maximum Gasteiger partial charge on any atom is 0.269 e. The van der Waals surface area contributed by atoms with Gasteiger partial charge in [0.05, 0.1) is 18.0 Å². The molecule has 0 heterocycles. The minimum absolute atomic E-state index is 0.0292. The van der Waals surface area contributed by atoms with E-state index in [0.717, 1.165) is 18.4 Å². The average molecular weight is 361 g/mol. The Morgan fingerprint density at radius 1 is 1.23 bits per heavy atom. The fraction of sp³-hybridized carbons (Fsp3) is 0.556. The summed E-state index contributed by atoms with van der Waals surface area (Å²) in [6.07, 6.45) is 5.85. The summed E-state index contributed by atoms with van der Waals surface area (Å²) in [4.78, 5) is 28.2. The molecule has 0 saturated heterocycles. The number of guanidine groups is 1. The Labute approximate surface area is 153 Å². The van der Waals surface area contributed by atoms with Crippen LogP contribution in [-0.4, -0.2) is 48.4 Å². The number of nitro groups is 1. The zero-order chi connectivity index (χ0) is 18.9. The summed E-state index contributed by atoms with van der Waals surface area (Å²) in [5, 5.41) is 17.2. The summed E-state index contributed by atoms with van der Waals surface area (Å²) < 4.78 is 0. The van der Waals surface area contributed by atoms with Crippen LogP contribution < -0.4 is 10.6 Å². The standard InChI is InChI=1S/C18H27N5O3/c1-22(2)17(24)13-20-18(21-15-6-4-3-5-7-15)19-12-14-8-10-16(11-9-14)23(25)26/h8-11,15H,3-7,12-13H2,1-2H3,(H2,19,20,21). The predicted octanol–water partition coefficient (Wildman–Crippen LogP) is 2.05. The van der Waals surface area contributed by atoms with Crippen LogP contribution in [-0.2, 0) is 11.3 Å². The summed E-state index contributed by atoms with van der Waals surface area (Å²) in [6, 6.07) is 6.71. The van der Waals surface area contributed by atoms with Gasteiger partial charge in [-0.15, -0.1) is 0 Å². The van der Waals surface area contributed by atoms with Crippen LogP contribution in [0.15, 0.2) is 29.3 Å². The molecule has 0 atom stereocenters. The molecule has 0 radical (unpaired) electrons. The van der Waals surface area contributed by atoms with Gasteiger partial charge in [-0.3, -0.25) is 14.9 Å². The van der Waals surface area contributed by atoms with Gasteiger partial charge in [0, 0.05) is 32.3 Å². The molecule has 8 heteroatoms. The van der Waals surface area contributed by atoms with Crippen molar-refractivity contribution in [1.29, 1.82) is 0 Å². The molecular weight excluding hydrogens is 334 g/mol. The van der Waals surface area contributed by atoms with Crippen molar-refractivity contribution < 1.29 is 9.72 Å². The number of aliphatic imine (C=N–C) groups is 1. The van der Waals surface area contributed by atoms with Gasteiger partial charge in [-0.05, 0) is 18.4 Å². The molecule has 1 aromatic carbocycles. The zero-order valence-electron chi connectivity index (χ0n) is 15.4. The lowest BCUT2D eigenvalue weighted by molar-refractivity contribution is -0.384. The molecule has 142 valence electrons. The van der Waals surface area contributed by atoms with Gasteiger partial charge in [0.25, 0.3) is 5.69 Å². The number of likely N-dealkylation sites (N-methyl/N-ethyl adjacent to an activating group) is 1. The summed E-state index contributed by atoms with van der Waals surface area (Å²) in [5.41, 5.74) is 0.937. The molecule has 26 heavy (non-hydrogen) atoms. The fourth-order valence-corrected chi connectivity index (χ4v) is 2.80. The van der Waals surface area contributed by atoms with Crippen LogP contribution in [0.4, 0.5) is 5.69 Å². The van der Waals surface area contributed by atoms with Crippen molar-refractivity contribution in [3.8, 4) is 0 Å². The van der Waals surface area contributed by atoms with Crippen LogP contribution >= 0.6 is 0 Å². The van der Waals surface area contributed by atoms with Crippen molar-refractivity contribution in [2.75, 3.05) is 20.6 Å². The Morgan fingerprint density at radius 2 is 1.88 bits per heavy atom. The number of carbonyl (C=O) groups is 1. The lowest BCUT2D eigenvalue weighted by atomic mass is 9.96. The predicted molar refractivity (Wildman–Crippen MR) is 101 cm³/mol. The van der Waals surface area contributed by atoms with Gasteiger partial charge in [-0.1, -0.05) is 31.4 Å². The van der Waals surface area contributed by atoms with Crippen molar-refractivity contribution in [2.24, 2.45) is 4.99 Å². The van der Waals surface area contributed by atoms with Crippen molar-refractivity contribution in [3.63, 3.8) is 0 Å². The van der Waals surface area contributed by atoms with E-state index in [1.807, 2.05) is 0 Å². The van der Waals surface area contributed by atoms with Gasteiger partial charge in [-0.25, -0.2) is 4.99 Å². The normalized spacial score (nSPS) is 15.4. The Kier molecular flexibility index (Phi) is 7.37. The number of hydrogen-bond acceptors (Lipinski definition) is 4. The van der Waals surface area contributed by atoms with Gasteiger partial charge < -0.3 is 15.5 Å². The largest absolute Gasteiger partial charge is 0.354 e. The highest BCUT2D eigenvalue weighted by atomic mass is 16.6. The van der Waals surface area contributed by atoms with Crippen LogP contribution in [0, 0.1) is 10.1 Å². The molecule has 2 rings (SSSR count). The highest BCUT2D eigenvalue weighted by molar-refractivity contribution is 5.86. The number of hydrogen-bond donors (Lipinski definition) is 2. The van der Waals surface area contributed by atoms with Gasteiger partial charge in [0.1, 0.15) is 0 Å². The van der Waals surface area contributed by atoms with E-state index < -0.39 is 4.92 Å². The second kappa shape index (κ2) is 9.74. The van der Waals surface area contributed by atoms with E-state index in [1.165, 1.54) is 36.3 Å². The Bertz CT molecular complexity index is 637. The fourth-order valence-electron chi connectivity index (χ4n) is 2.80. The number of nitrogens with one attached hydrogen (secondary N) is 2. The van der Waals surface area contributed by atoms with E-state index in [0.29, 0.717) is 18.5 Å². The van der Waals surface area contributed by atoms with Crippen LogP contribution in [0.1, 0.15) is 37.7 Å². The second-order valence-electron chi connectivity index (χ2n) is 6.71. The van der Waals surface area contributed by atoms with E-state index in [1.54, 1.807) is 26.2 Å². The van der Waals surface area contributed by atoms with E-state index >= 15 is 0 Å². The Morgan fingerprint density at radius 3 is 2.46 bits per heavy atom. The maximum atomic E-state index is 11.8. The molecular formula is C18H27N5O3. The smallest absolute Gasteiger partial charge is 0.269 e. The van der Waals surface area contributed by atoms with Gasteiger partial charge >= 0.3 is 0 Å². The third-order valence-electron chi connectivity index (χ3n) is 4.42. The topological polar surface area (TPSA) is 99.9 Å². The molecule has 1 saturated carbocycles. The quantitative estimate of drug-likeness (QED) is 0.350. The molecule has 1 aliphatic carbocycles. The number of rotatable bonds is 6. The molecule has 0 bridgehead atoms. The molecule has 1 aliphatic rings. The third kappa shape index (κ3) is 6.34. The van der Waals surface area contributed by atoms with Crippen LogP contribution in [0.3, 0.4) is 0 Å². The first-order valence-corrected chi connectivity index (χ1v) is 8.94. The lowest BCUT2D eigenvalue weighted by Crippen LogP contribution is -2.47. The SMILES string of the molecule is CN(C)C(=O)CNC(=NCc1ccc([N+](=O)[O-])cc1)NC1CCCCC1. The summed E-state index contributed by atoms with van der Waals surface area (Å²) in [7, 11) is 3.43. The molecule has 1 aromatic rings. The number of carbonyl (C=O) groups excluding carboxylic acids is 1. The van der Waals surface area contributed by atoms with E-state index in [2.05, 4.69) is 15.6 Å². The highest BCUT2D eigenvalue weighted by Crippen LogP contribution is 2.17. The molecule has 0 aromatic heterocycles. The monoisotopic (exact) mass is 361 g/mol. The van der Waals surface area contributed by atoms with Crippen molar-refractivity contribution >= 4 is 17.6 Å². The molecule has 0 unspecified atom stereocenters. The number of nitro benzene ring substituents is 1. The maximum absolute atomic E-state index is 11.8. The van der Waals surface area contributed by atoms with Gasteiger partial charge in [0.15, 0.2) is 5.96 Å². The number of benzene rings is 1. The molecule has 1 amide bonds.